The number of hydrogen-bond donors (Lipinski definition) is 1. The van der Waals surface area contributed by atoms with Gasteiger partial charge in [0.05, 0.1) is 17.6 Å². The van der Waals surface area contributed by atoms with Gasteiger partial charge in [0.25, 0.3) is 5.91 Å². The molecular weight excluding hydrogens is 340 g/mol. The Balaban J connectivity index is 1.45. The summed E-state index contributed by atoms with van der Waals surface area (Å²) in [5.41, 5.74) is 3.31. The van der Waals surface area contributed by atoms with Crippen LogP contribution in [0.25, 0.3) is 11.0 Å². The molecule has 1 fully saturated rings. The third-order valence-electron chi connectivity index (χ3n) is 4.92. The predicted octanol–water partition coefficient (Wildman–Crippen LogP) is 3.35. The van der Waals surface area contributed by atoms with Gasteiger partial charge in [0.15, 0.2) is 0 Å². The number of fused-ring (bicyclic) bond motifs is 1. The number of nitrogens with one attached hydrogen (secondary N) is 1. The number of rotatable bonds is 4. The number of piperidine rings is 1. The van der Waals surface area contributed by atoms with E-state index in [0.29, 0.717) is 18.5 Å². The summed E-state index contributed by atoms with van der Waals surface area (Å²) in [5.74, 6) is 0.830. The maximum atomic E-state index is 12.7. The highest BCUT2D eigenvalue weighted by atomic mass is 16.2. The average molecular weight is 362 g/mol. The number of benzene rings is 2. The van der Waals surface area contributed by atoms with Crippen molar-refractivity contribution in [1.29, 1.82) is 0 Å². The average Bonchev–Trinajstić information content (AvgIpc) is 3.10. The molecule has 0 aliphatic carbocycles. The Morgan fingerprint density at radius 3 is 2.67 bits per heavy atom. The Labute approximate surface area is 157 Å². The number of H-pyrrole nitrogens is 1. The third-order valence-corrected chi connectivity index (χ3v) is 4.92. The molecule has 2 amide bonds. The van der Waals surface area contributed by atoms with Crippen LogP contribution in [-0.4, -0.2) is 40.3 Å². The van der Waals surface area contributed by atoms with E-state index >= 15 is 0 Å². The first-order valence-electron chi connectivity index (χ1n) is 9.21. The zero-order chi connectivity index (χ0) is 18.8. The summed E-state index contributed by atoms with van der Waals surface area (Å²) in [4.78, 5) is 36.0. The second-order valence-corrected chi connectivity index (χ2v) is 6.91. The van der Waals surface area contributed by atoms with Crippen LogP contribution in [0.2, 0.25) is 0 Å². The first-order chi connectivity index (χ1) is 13.1. The number of imidazole rings is 1. The van der Waals surface area contributed by atoms with Gasteiger partial charge in [-0.15, -0.1) is 0 Å². The van der Waals surface area contributed by atoms with Crippen molar-refractivity contribution in [1.82, 2.24) is 14.9 Å². The lowest BCUT2D eigenvalue weighted by Crippen LogP contribution is -2.35. The highest BCUT2D eigenvalue weighted by molar-refractivity contribution is 5.96. The van der Waals surface area contributed by atoms with E-state index in [1.807, 2.05) is 36.4 Å². The smallest absolute Gasteiger partial charge is 0.254 e. The zero-order valence-corrected chi connectivity index (χ0v) is 15.3. The monoisotopic (exact) mass is 362 g/mol. The number of hydrogen-bond acceptors (Lipinski definition) is 3. The highest BCUT2D eigenvalue weighted by Crippen LogP contribution is 2.22. The molecule has 0 radical (unpaired) electrons. The molecule has 0 spiro atoms. The van der Waals surface area contributed by atoms with Gasteiger partial charge in [-0.1, -0.05) is 12.1 Å². The fourth-order valence-electron chi connectivity index (χ4n) is 3.46. The Morgan fingerprint density at radius 2 is 1.93 bits per heavy atom. The number of para-hydroxylation sites is 2. The summed E-state index contributed by atoms with van der Waals surface area (Å²) in [5, 5.41) is 0. The minimum absolute atomic E-state index is 0.0769. The SMILES string of the molecule is CN(Cc1nc2ccccc2[nH]1)C(=O)c1ccc(N2CCCCC2=O)cc1. The van der Waals surface area contributed by atoms with E-state index in [4.69, 9.17) is 0 Å². The largest absolute Gasteiger partial charge is 0.340 e. The van der Waals surface area contributed by atoms with Crippen LogP contribution < -0.4 is 4.90 Å². The van der Waals surface area contributed by atoms with Gasteiger partial charge >= 0.3 is 0 Å². The van der Waals surface area contributed by atoms with Crippen molar-refractivity contribution in [2.24, 2.45) is 0 Å². The van der Waals surface area contributed by atoms with E-state index in [0.717, 1.165) is 41.9 Å². The maximum absolute atomic E-state index is 12.7. The van der Waals surface area contributed by atoms with Crippen LogP contribution in [0.1, 0.15) is 35.4 Å². The van der Waals surface area contributed by atoms with E-state index < -0.39 is 0 Å². The van der Waals surface area contributed by atoms with E-state index in [-0.39, 0.29) is 11.8 Å². The maximum Gasteiger partial charge on any atom is 0.254 e. The molecule has 6 nitrogen and oxygen atoms in total. The van der Waals surface area contributed by atoms with Crippen molar-refractivity contribution in [2.45, 2.75) is 25.8 Å². The van der Waals surface area contributed by atoms with Crippen LogP contribution in [0.3, 0.4) is 0 Å². The van der Waals surface area contributed by atoms with Crippen molar-refractivity contribution in [2.75, 3.05) is 18.5 Å². The molecule has 1 aromatic heterocycles. The number of aromatic amines is 1. The molecule has 0 bridgehead atoms. The Morgan fingerprint density at radius 1 is 1.15 bits per heavy atom. The molecule has 3 aromatic rings. The fraction of sp³-hybridized carbons (Fsp3) is 0.286. The van der Waals surface area contributed by atoms with E-state index in [2.05, 4.69) is 9.97 Å². The number of anilines is 1. The van der Waals surface area contributed by atoms with Gasteiger partial charge in [0.2, 0.25) is 5.91 Å². The molecule has 2 heterocycles. The summed E-state index contributed by atoms with van der Waals surface area (Å²) in [6.45, 7) is 1.15. The van der Waals surface area contributed by atoms with Crippen LogP contribution in [0, 0.1) is 0 Å². The van der Waals surface area contributed by atoms with E-state index in [9.17, 15) is 9.59 Å². The molecule has 6 heteroatoms. The first-order valence-corrected chi connectivity index (χ1v) is 9.21. The number of amides is 2. The molecule has 0 atom stereocenters. The molecule has 1 saturated heterocycles. The van der Waals surface area contributed by atoms with E-state index in [1.54, 1.807) is 29.0 Å². The molecular formula is C21H22N4O2. The van der Waals surface area contributed by atoms with Crippen molar-refractivity contribution in [3.63, 3.8) is 0 Å². The van der Waals surface area contributed by atoms with Gasteiger partial charge in [0, 0.05) is 31.3 Å². The lowest BCUT2D eigenvalue weighted by Gasteiger charge is -2.27. The molecule has 2 aromatic carbocycles. The normalized spacial score (nSPS) is 14.6. The second-order valence-electron chi connectivity index (χ2n) is 6.91. The van der Waals surface area contributed by atoms with Crippen molar-refractivity contribution >= 4 is 28.5 Å². The Kier molecular flexibility index (Phi) is 4.62. The van der Waals surface area contributed by atoms with Gasteiger partial charge in [-0.05, 0) is 49.2 Å². The summed E-state index contributed by atoms with van der Waals surface area (Å²) >= 11 is 0. The number of aromatic nitrogens is 2. The number of carbonyl (C=O) groups excluding carboxylic acids is 2. The minimum Gasteiger partial charge on any atom is -0.340 e. The highest BCUT2D eigenvalue weighted by Gasteiger charge is 2.20. The van der Waals surface area contributed by atoms with Crippen molar-refractivity contribution in [3.05, 3.63) is 59.9 Å². The van der Waals surface area contributed by atoms with Crippen molar-refractivity contribution in [3.8, 4) is 0 Å². The zero-order valence-electron chi connectivity index (χ0n) is 15.3. The molecule has 0 saturated carbocycles. The lowest BCUT2D eigenvalue weighted by atomic mass is 10.1. The molecule has 138 valence electrons. The van der Waals surface area contributed by atoms with Crippen molar-refractivity contribution < 1.29 is 9.59 Å². The topological polar surface area (TPSA) is 69.3 Å². The summed E-state index contributed by atoms with van der Waals surface area (Å²) in [6, 6.07) is 15.1. The predicted molar refractivity (Wildman–Crippen MR) is 105 cm³/mol. The minimum atomic E-state index is -0.0769. The van der Waals surface area contributed by atoms with Gasteiger partial charge in [0.1, 0.15) is 5.82 Å². The molecule has 4 rings (SSSR count). The summed E-state index contributed by atoms with van der Waals surface area (Å²) in [7, 11) is 1.76. The lowest BCUT2D eigenvalue weighted by molar-refractivity contribution is -0.119. The number of carbonyl (C=O) groups is 2. The summed E-state index contributed by atoms with van der Waals surface area (Å²) in [6.07, 6.45) is 2.58. The van der Waals surface area contributed by atoms with Crippen LogP contribution in [0.4, 0.5) is 5.69 Å². The van der Waals surface area contributed by atoms with Crippen LogP contribution in [0.5, 0.6) is 0 Å². The molecule has 1 aliphatic rings. The first kappa shape index (κ1) is 17.3. The Hall–Kier alpha value is -3.15. The molecule has 1 N–H and O–H groups in total. The molecule has 1 aliphatic heterocycles. The fourth-order valence-corrected chi connectivity index (χ4v) is 3.46. The standard InChI is InChI=1S/C21H22N4O2/c1-24(14-19-22-17-6-2-3-7-18(17)23-19)21(27)15-9-11-16(12-10-15)25-13-5-4-8-20(25)26/h2-3,6-7,9-12H,4-5,8,13-14H2,1H3,(H,22,23). The van der Waals surface area contributed by atoms with Gasteiger partial charge < -0.3 is 14.8 Å². The van der Waals surface area contributed by atoms with Gasteiger partial charge in [-0.25, -0.2) is 4.98 Å². The second kappa shape index (κ2) is 7.23. The Bertz CT molecular complexity index is 944. The van der Waals surface area contributed by atoms with Gasteiger partial charge in [-0.3, -0.25) is 9.59 Å². The molecule has 27 heavy (non-hydrogen) atoms. The van der Waals surface area contributed by atoms with Crippen LogP contribution in [0.15, 0.2) is 48.5 Å². The van der Waals surface area contributed by atoms with Crippen LogP contribution >= 0.6 is 0 Å². The van der Waals surface area contributed by atoms with E-state index in [1.165, 1.54) is 0 Å². The quantitative estimate of drug-likeness (QED) is 0.774. The summed E-state index contributed by atoms with van der Waals surface area (Å²) < 4.78 is 0. The van der Waals surface area contributed by atoms with Gasteiger partial charge in [-0.2, -0.15) is 0 Å². The third kappa shape index (κ3) is 3.56. The van der Waals surface area contributed by atoms with Crippen LogP contribution in [-0.2, 0) is 11.3 Å². The number of nitrogens with zero attached hydrogens (tertiary/aromatic N) is 3. The molecule has 0 unspecified atom stereocenters.